The predicted molar refractivity (Wildman–Crippen MR) is 134 cm³/mol. The number of hydrogen-bond donors (Lipinski definition) is 4. The van der Waals surface area contributed by atoms with Crippen LogP contribution in [0.5, 0.6) is 11.5 Å². The summed E-state index contributed by atoms with van der Waals surface area (Å²) in [4.78, 5) is 31.8. The third-order valence-corrected chi connectivity index (χ3v) is 5.81. The van der Waals surface area contributed by atoms with Gasteiger partial charge in [-0.3, -0.25) is 10.1 Å². The number of alkyl halides is 3. The number of anilines is 3. The first-order valence-electron chi connectivity index (χ1n) is 11.8. The third kappa shape index (κ3) is 6.26. The number of carbonyl (C=O) groups excluding carboxylic acids is 2. The second-order valence-electron chi connectivity index (χ2n) is 8.65. The number of halogens is 4. The van der Waals surface area contributed by atoms with Crippen LogP contribution in [0.25, 0.3) is 11.0 Å². The summed E-state index contributed by atoms with van der Waals surface area (Å²) in [6.07, 6.45) is -3.66. The van der Waals surface area contributed by atoms with Crippen LogP contribution in [0.1, 0.15) is 18.4 Å². The lowest BCUT2D eigenvalue weighted by molar-refractivity contribution is -0.137. The molecule has 2 heterocycles. The smallest absolute Gasteiger partial charge is 0.416 e. The quantitative estimate of drug-likeness (QED) is 0.214. The zero-order valence-electron chi connectivity index (χ0n) is 20.1. The number of carbonyl (C=O) groups is 2. The Kier molecular flexibility index (Phi) is 7.07. The number of nitrogens with zero attached hydrogens (tertiary/aromatic N) is 1. The van der Waals surface area contributed by atoms with Gasteiger partial charge in [-0.15, -0.1) is 0 Å². The molecule has 4 aromatic rings. The van der Waals surface area contributed by atoms with Crippen molar-refractivity contribution in [3.8, 4) is 11.5 Å². The summed E-state index contributed by atoms with van der Waals surface area (Å²) in [5, 5.41) is 7.20. The SMILES string of the molecule is O=C(Nc1ccc(Oc2ccc3[nH]c(NC(=O)C4CCCO4)nc3c2)cc1)Nc1cc(C(F)(F)F)ccc1F. The zero-order valence-corrected chi connectivity index (χ0v) is 20.1. The molecule has 1 aromatic heterocycles. The van der Waals surface area contributed by atoms with E-state index in [1.165, 1.54) is 12.1 Å². The Labute approximate surface area is 218 Å². The molecule has 1 aliphatic rings. The molecule has 1 fully saturated rings. The summed E-state index contributed by atoms with van der Waals surface area (Å²) in [6, 6.07) is 12.1. The van der Waals surface area contributed by atoms with Crippen molar-refractivity contribution in [2.45, 2.75) is 25.1 Å². The number of H-pyrrole nitrogens is 1. The number of fused-ring (bicyclic) bond motifs is 1. The van der Waals surface area contributed by atoms with Crippen LogP contribution >= 0.6 is 0 Å². The molecule has 0 radical (unpaired) electrons. The number of urea groups is 1. The Morgan fingerprint density at radius 1 is 0.974 bits per heavy atom. The molecule has 0 saturated carbocycles. The summed E-state index contributed by atoms with van der Waals surface area (Å²) in [5.74, 6) is -0.0870. The number of benzene rings is 3. The molecule has 1 saturated heterocycles. The number of rotatable bonds is 6. The first-order valence-corrected chi connectivity index (χ1v) is 11.8. The highest BCUT2D eigenvalue weighted by molar-refractivity contribution is 6.00. The highest BCUT2D eigenvalue weighted by Crippen LogP contribution is 2.32. The van der Waals surface area contributed by atoms with Crippen LogP contribution < -0.4 is 20.7 Å². The molecule has 0 bridgehead atoms. The number of aromatic amines is 1. The Hall–Kier alpha value is -4.65. The average Bonchev–Trinajstić information content (AvgIpc) is 3.56. The molecular weight excluding hydrogens is 522 g/mol. The summed E-state index contributed by atoms with van der Waals surface area (Å²) < 4.78 is 63.7. The van der Waals surface area contributed by atoms with E-state index in [-0.39, 0.29) is 5.91 Å². The lowest BCUT2D eigenvalue weighted by Gasteiger charge is -2.12. The van der Waals surface area contributed by atoms with Crippen molar-refractivity contribution in [3.05, 3.63) is 72.0 Å². The topological polar surface area (TPSA) is 117 Å². The van der Waals surface area contributed by atoms with E-state index in [4.69, 9.17) is 9.47 Å². The molecule has 4 N–H and O–H groups in total. The molecule has 0 aliphatic carbocycles. The second kappa shape index (κ2) is 10.6. The van der Waals surface area contributed by atoms with Crippen LogP contribution in [0.4, 0.5) is 39.7 Å². The largest absolute Gasteiger partial charge is 0.457 e. The van der Waals surface area contributed by atoms with E-state index in [1.54, 1.807) is 30.3 Å². The van der Waals surface area contributed by atoms with Crippen molar-refractivity contribution >= 4 is 40.3 Å². The number of nitrogens with one attached hydrogen (secondary N) is 4. The van der Waals surface area contributed by atoms with Gasteiger partial charge in [-0.05, 0) is 67.4 Å². The zero-order chi connectivity index (χ0) is 27.6. The molecule has 1 atom stereocenters. The Morgan fingerprint density at radius 3 is 2.46 bits per heavy atom. The van der Waals surface area contributed by atoms with Crippen molar-refractivity contribution < 1.29 is 36.6 Å². The normalized spacial score (nSPS) is 15.2. The van der Waals surface area contributed by atoms with Crippen molar-refractivity contribution in [2.24, 2.45) is 0 Å². The van der Waals surface area contributed by atoms with E-state index in [0.29, 0.717) is 65.4 Å². The van der Waals surface area contributed by atoms with Gasteiger partial charge in [0.05, 0.1) is 22.3 Å². The first-order chi connectivity index (χ1) is 18.6. The standard InChI is InChI=1S/C26H21F4N5O4/c27-18-9-3-14(26(28,29)30)12-20(18)34-25(37)31-15-4-6-16(7-5-15)39-17-8-10-19-21(13-17)33-24(32-19)35-23(36)22-2-1-11-38-22/h3-10,12-13,22H,1-2,11H2,(H2,31,34,37)(H2,32,33,35,36). The number of imidazole rings is 1. The van der Waals surface area contributed by atoms with Gasteiger partial charge in [0.2, 0.25) is 5.95 Å². The molecule has 1 aliphatic heterocycles. The minimum Gasteiger partial charge on any atom is -0.457 e. The maximum Gasteiger partial charge on any atom is 0.416 e. The molecular formula is C26H21F4N5O4. The van der Waals surface area contributed by atoms with Gasteiger partial charge in [-0.25, -0.2) is 14.2 Å². The number of ether oxygens (including phenoxy) is 2. The van der Waals surface area contributed by atoms with Gasteiger partial charge in [0.15, 0.2) is 0 Å². The predicted octanol–water partition coefficient (Wildman–Crippen LogP) is 6.27. The van der Waals surface area contributed by atoms with Crippen LogP contribution in [-0.2, 0) is 15.7 Å². The fraction of sp³-hybridized carbons (Fsp3) is 0.192. The molecule has 9 nitrogen and oxygen atoms in total. The molecule has 0 spiro atoms. The van der Waals surface area contributed by atoms with Gasteiger partial charge >= 0.3 is 12.2 Å². The van der Waals surface area contributed by atoms with E-state index < -0.39 is 35.4 Å². The Bertz CT molecular complexity index is 1520. The monoisotopic (exact) mass is 543 g/mol. The highest BCUT2D eigenvalue weighted by Gasteiger charge is 2.31. The van der Waals surface area contributed by atoms with Gasteiger partial charge in [0, 0.05) is 18.4 Å². The lowest BCUT2D eigenvalue weighted by atomic mass is 10.2. The van der Waals surface area contributed by atoms with Crippen molar-refractivity contribution in [3.63, 3.8) is 0 Å². The van der Waals surface area contributed by atoms with E-state index in [9.17, 15) is 27.2 Å². The third-order valence-electron chi connectivity index (χ3n) is 5.81. The fourth-order valence-corrected chi connectivity index (χ4v) is 3.91. The van der Waals surface area contributed by atoms with Crippen molar-refractivity contribution in [1.29, 1.82) is 0 Å². The molecule has 3 amide bonds. The van der Waals surface area contributed by atoms with Gasteiger partial charge in [-0.2, -0.15) is 13.2 Å². The minimum atomic E-state index is -4.68. The summed E-state index contributed by atoms with van der Waals surface area (Å²) in [5.41, 5.74) is -0.152. The highest BCUT2D eigenvalue weighted by atomic mass is 19.4. The number of amides is 3. The number of hydrogen-bond acceptors (Lipinski definition) is 5. The van der Waals surface area contributed by atoms with Crippen molar-refractivity contribution in [1.82, 2.24) is 9.97 Å². The van der Waals surface area contributed by atoms with Crippen molar-refractivity contribution in [2.75, 3.05) is 22.6 Å². The van der Waals surface area contributed by atoms with E-state index >= 15 is 0 Å². The summed E-state index contributed by atoms with van der Waals surface area (Å²) in [7, 11) is 0. The van der Waals surface area contributed by atoms with Gasteiger partial charge in [0.25, 0.3) is 5.91 Å². The van der Waals surface area contributed by atoms with E-state index in [1.807, 2.05) is 0 Å². The average molecular weight is 543 g/mol. The maximum absolute atomic E-state index is 13.9. The van der Waals surface area contributed by atoms with E-state index in [2.05, 4.69) is 25.9 Å². The molecule has 5 rings (SSSR count). The van der Waals surface area contributed by atoms with Gasteiger partial charge in [0.1, 0.15) is 23.4 Å². The van der Waals surface area contributed by atoms with Gasteiger partial charge < -0.3 is 25.1 Å². The van der Waals surface area contributed by atoms with E-state index in [0.717, 1.165) is 6.42 Å². The van der Waals surface area contributed by atoms with Gasteiger partial charge in [-0.1, -0.05) is 0 Å². The first kappa shape index (κ1) is 26.0. The summed E-state index contributed by atoms with van der Waals surface area (Å²) in [6.45, 7) is 0.558. The van der Waals surface area contributed by atoms with Crippen LogP contribution in [-0.4, -0.2) is 34.6 Å². The van der Waals surface area contributed by atoms with Crippen LogP contribution in [0, 0.1) is 5.82 Å². The van der Waals surface area contributed by atoms with Crippen LogP contribution in [0.15, 0.2) is 60.7 Å². The Balaban J connectivity index is 1.19. The molecule has 202 valence electrons. The lowest BCUT2D eigenvalue weighted by Crippen LogP contribution is -2.27. The number of aromatic nitrogens is 2. The van der Waals surface area contributed by atoms with Crippen LogP contribution in [0.2, 0.25) is 0 Å². The summed E-state index contributed by atoms with van der Waals surface area (Å²) >= 11 is 0. The molecule has 13 heteroatoms. The molecule has 3 aromatic carbocycles. The second-order valence-corrected chi connectivity index (χ2v) is 8.65. The Morgan fingerprint density at radius 2 is 1.74 bits per heavy atom. The minimum absolute atomic E-state index is 0.259. The molecule has 1 unspecified atom stereocenters. The maximum atomic E-state index is 13.9. The fourth-order valence-electron chi connectivity index (χ4n) is 3.91. The van der Waals surface area contributed by atoms with Crippen LogP contribution in [0.3, 0.4) is 0 Å². The molecule has 39 heavy (non-hydrogen) atoms.